The van der Waals surface area contributed by atoms with Gasteiger partial charge in [0.15, 0.2) is 0 Å². The van der Waals surface area contributed by atoms with Crippen molar-refractivity contribution in [2.75, 3.05) is 0 Å². The maximum absolute atomic E-state index is 12.2. The fourth-order valence-corrected chi connectivity index (χ4v) is 3.00. The first-order chi connectivity index (χ1) is 10.6. The monoisotopic (exact) mass is 296 g/mol. The highest BCUT2D eigenvalue weighted by molar-refractivity contribution is 5.77. The molecule has 1 unspecified atom stereocenters. The summed E-state index contributed by atoms with van der Waals surface area (Å²) in [6.07, 6.45) is 0.204. The van der Waals surface area contributed by atoms with E-state index in [1.165, 1.54) is 0 Å². The Morgan fingerprint density at radius 2 is 1.86 bits per heavy atom. The van der Waals surface area contributed by atoms with Gasteiger partial charge in [0.05, 0.1) is 12.1 Å². The minimum atomic E-state index is -0.575. The molecule has 114 valence electrons. The molecule has 2 aromatic carbocycles. The van der Waals surface area contributed by atoms with Crippen LogP contribution in [0.3, 0.4) is 0 Å². The van der Waals surface area contributed by atoms with E-state index >= 15 is 0 Å². The molecule has 0 radical (unpaired) electrons. The molecule has 0 bridgehead atoms. The predicted octanol–water partition coefficient (Wildman–Crippen LogP) is 1.85. The maximum atomic E-state index is 12.2. The first-order valence-corrected chi connectivity index (χ1v) is 7.51. The van der Waals surface area contributed by atoms with Crippen LogP contribution in [-0.4, -0.2) is 17.1 Å². The summed E-state index contributed by atoms with van der Waals surface area (Å²) < 4.78 is 0. The van der Waals surface area contributed by atoms with E-state index < -0.39 is 6.10 Å². The van der Waals surface area contributed by atoms with Gasteiger partial charge in [-0.25, -0.2) is 0 Å². The van der Waals surface area contributed by atoms with Crippen LogP contribution in [-0.2, 0) is 11.2 Å². The highest BCUT2D eigenvalue weighted by Crippen LogP contribution is 2.31. The molecule has 0 fully saturated rings. The molecule has 1 amide bonds. The van der Waals surface area contributed by atoms with Crippen molar-refractivity contribution in [3.63, 3.8) is 0 Å². The van der Waals surface area contributed by atoms with Crippen LogP contribution < -0.4 is 11.1 Å². The van der Waals surface area contributed by atoms with Crippen LogP contribution in [0.4, 0.5) is 0 Å². The fraction of sp³-hybridized carbons (Fsp3) is 0.278. The quantitative estimate of drug-likeness (QED) is 0.806. The zero-order chi connectivity index (χ0) is 15.5. The number of nitrogens with two attached hydrogens (primary N) is 1. The van der Waals surface area contributed by atoms with Crippen molar-refractivity contribution in [3.05, 3.63) is 71.3 Å². The summed E-state index contributed by atoms with van der Waals surface area (Å²) in [5, 5.41) is 13.1. The highest BCUT2D eigenvalue weighted by Gasteiger charge is 2.32. The van der Waals surface area contributed by atoms with Crippen molar-refractivity contribution >= 4 is 5.91 Å². The molecule has 0 saturated heterocycles. The van der Waals surface area contributed by atoms with E-state index in [9.17, 15) is 9.90 Å². The Labute approximate surface area is 130 Å². The number of rotatable bonds is 4. The normalized spacial score (nSPS) is 21.2. The van der Waals surface area contributed by atoms with Gasteiger partial charge in [-0.15, -0.1) is 0 Å². The lowest BCUT2D eigenvalue weighted by Gasteiger charge is -2.19. The van der Waals surface area contributed by atoms with Crippen LogP contribution in [0, 0.1) is 0 Å². The van der Waals surface area contributed by atoms with Gasteiger partial charge in [-0.2, -0.15) is 0 Å². The molecular formula is C18H20N2O2. The van der Waals surface area contributed by atoms with Gasteiger partial charge in [0.1, 0.15) is 0 Å². The highest BCUT2D eigenvalue weighted by atomic mass is 16.3. The predicted molar refractivity (Wildman–Crippen MR) is 85.0 cm³/mol. The van der Waals surface area contributed by atoms with Crippen LogP contribution in [0.2, 0.25) is 0 Å². The first-order valence-electron chi connectivity index (χ1n) is 7.51. The number of aliphatic hydroxyl groups excluding tert-OH is 1. The van der Waals surface area contributed by atoms with E-state index in [0.29, 0.717) is 6.42 Å². The second-order valence-corrected chi connectivity index (χ2v) is 5.74. The van der Waals surface area contributed by atoms with Crippen molar-refractivity contribution in [2.45, 2.75) is 31.0 Å². The van der Waals surface area contributed by atoms with Gasteiger partial charge in [0.25, 0.3) is 0 Å². The molecule has 3 atom stereocenters. The Morgan fingerprint density at radius 3 is 2.64 bits per heavy atom. The van der Waals surface area contributed by atoms with Crippen LogP contribution in [0.5, 0.6) is 0 Å². The fourth-order valence-electron chi connectivity index (χ4n) is 3.00. The Bertz CT molecular complexity index is 657. The average molecular weight is 296 g/mol. The number of carbonyl (C=O) groups excluding carboxylic acids is 1. The molecule has 4 nitrogen and oxygen atoms in total. The molecule has 0 heterocycles. The third-order valence-electron chi connectivity index (χ3n) is 4.15. The Hall–Kier alpha value is -2.17. The summed E-state index contributed by atoms with van der Waals surface area (Å²) in [6.45, 7) is 0. The minimum Gasteiger partial charge on any atom is -0.390 e. The smallest absolute Gasteiger partial charge is 0.222 e. The molecule has 0 aliphatic heterocycles. The van der Waals surface area contributed by atoms with Gasteiger partial charge in [-0.05, 0) is 16.7 Å². The van der Waals surface area contributed by atoms with E-state index in [-0.39, 0.29) is 24.4 Å². The zero-order valence-corrected chi connectivity index (χ0v) is 12.3. The molecular weight excluding hydrogens is 276 g/mol. The average Bonchev–Trinajstić information content (AvgIpc) is 2.84. The number of aliphatic hydroxyl groups is 1. The second kappa shape index (κ2) is 6.30. The van der Waals surface area contributed by atoms with Gasteiger partial charge < -0.3 is 16.2 Å². The van der Waals surface area contributed by atoms with Gasteiger partial charge in [0, 0.05) is 18.9 Å². The van der Waals surface area contributed by atoms with E-state index in [4.69, 9.17) is 5.73 Å². The third kappa shape index (κ3) is 3.03. The lowest BCUT2D eigenvalue weighted by atomic mass is 10.0. The Kier molecular flexibility index (Phi) is 4.22. The maximum Gasteiger partial charge on any atom is 0.222 e. The van der Waals surface area contributed by atoms with Crippen LogP contribution >= 0.6 is 0 Å². The van der Waals surface area contributed by atoms with Crippen molar-refractivity contribution in [1.29, 1.82) is 0 Å². The largest absolute Gasteiger partial charge is 0.390 e. The number of amides is 1. The van der Waals surface area contributed by atoms with E-state index in [1.54, 1.807) is 0 Å². The summed E-state index contributed by atoms with van der Waals surface area (Å²) in [5.41, 5.74) is 9.10. The molecule has 3 rings (SSSR count). The summed E-state index contributed by atoms with van der Waals surface area (Å²) >= 11 is 0. The van der Waals surface area contributed by atoms with E-state index in [0.717, 1.165) is 16.7 Å². The van der Waals surface area contributed by atoms with Crippen LogP contribution in [0.25, 0.3) is 0 Å². The molecule has 4 N–H and O–H groups in total. The van der Waals surface area contributed by atoms with Crippen molar-refractivity contribution in [2.24, 2.45) is 5.73 Å². The lowest BCUT2D eigenvalue weighted by molar-refractivity contribution is -0.123. The molecule has 1 aliphatic rings. The summed E-state index contributed by atoms with van der Waals surface area (Å²) in [6, 6.07) is 16.7. The number of fused-ring (bicyclic) bond motifs is 1. The minimum absolute atomic E-state index is 0.142. The number of hydrogen-bond acceptors (Lipinski definition) is 3. The van der Waals surface area contributed by atoms with Crippen molar-refractivity contribution in [1.82, 2.24) is 5.32 Å². The summed E-state index contributed by atoms with van der Waals surface area (Å²) in [5.74, 6) is -0.142. The van der Waals surface area contributed by atoms with Crippen molar-refractivity contribution in [3.8, 4) is 0 Å². The SMILES string of the molecule is NC(CC(=O)N[C@@H]1c2ccccc2C[C@@H]1O)c1ccccc1. The molecule has 0 spiro atoms. The molecule has 0 aromatic heterocycles. The molecule has 1 aliphatic carbocycles. The molecule has 0 saturated carbocycles. The van der Waals surface area contributed by atoms with Gasteiger partial charge in [-0.1, -0.05) is 54.6 Å². The van der Waals surface area contributed by atoms with Gasteiger partial charge in [0.2, 0.25) is 5.91 Å². The van der Waals surface area contributed by atoms with E-state index in [1.807, 2.05) is 54.6 Å². The van der Waals surface area contributed by atoms with E-state index in [2.05, 4.69) is 5.32 Å². The number of hydrogen-bond donors (Lipinski definition) is 3. The molecule has 4 heteroatoms. The van der Waals surface area contributed by atoms with Gasteiger partial charge >= 0.3 is 0 Å². The lowest BCUT2D eigenvalue weighted by Crippen LogP contribution is -2.35. The molecule has 2 aromatic rings. The second-order valence-electron chi connectivity index (χ2n) is 5.74. The Balaban J connectivity index is 1.65. The number of benzene rings is 2. The zero-order valence-electron chi connectivity index (χ0n) is 12.3. The summed E-state index contributed by atoms with van der Waals surface area (Å²) in [7, 11) is 0. The first kappa shape index (κ1) is 14.8. The number of carbonyl (C=O) groups is 1. The summed E-state index contributed by atoms with van der Waals surface area (Å²) in [4.78, 5) is 12.2. The topological polar surface area (TPSA) is 75.4 Å². The van der Waals surface area contributed by atoms with Crippen LogP contribution in [0.1, 0.15) is 35.2 Å². The standard InChI is InChI=1S/C18H20N2O2/c19-15(12-6-2-1-3-7-12)11-17(22)20-18-14-9-5-4-8-13(14)10-16(18)21/h1-9,15-16,18,21H,10-11,19H2,(H,20,22)/t15?,16-,18+/m0/s1. The number of nitrogens with one attached hydrogen (secondary N) is 1. The Morgan fingerprint density at radius 1 is 1.18 bits per heavy atom. The third-order valence-corrected chi connectivity index (χ3v) is 4.15. The molecule has 22 heavy (non-hydrogen) atoms. The van der Waals surface area contributed by atoms with Gasteiger partial charge in [-0.3, -0.25) is 4.79 Å². The van der Waals surface area contributed by atoms with Crippen LogP contribution in [0.15, 0.2) is 54.6 Å². The van der Waals surface area contributed by atoms with Crippen molar-refractivity contribution < 1.29 is 9.90 Å².